The van der Waals surface area contributed by atoms with E-state index < -0.39 is 5.97 Å². The number of aromatic carboxylic acids is 1. The summed E-state index contributed by atoms with van der Waals surface area (Å²) in [5.74, 6) is 0.777. The molecule has 1 rings (SSSR count). The molecule has 0 saturated heterocycles. The molecule has 0 amide bonds. The summed E-state index contributed by atoms with van der Waals surface area (Å²) in [6.07, 6.45) is 0.784. The van der Waals surface area contributed by atoms with Crippen LogP contribution in [0.5, 0.6) is 0 Å². The Bertz CT molecular complexity index is 401. The summed E-state index contributed by atoms with van der Waals surface area (Å²) in [7, 11) is 0. The lowest BCUT2D eigenvalue weighted by Crippen LogP contribution is -2.09. The first kappa shape index (κ1) is 15.1. The van der Waals surface area contributed by atoms with Gasteiger partial charge in [-0.15, -0.1) is 0 Å². The zero-order chi connectivity index (χ0) is 13.4. The van der Waals surface area contributed by atoms with Crippen LogP contribution in [0, 0.1) is 0 Å². The molecule has 1 aromatic rings. The molecule has 0 heterocycles. The van der Waals surface area contributed by atoms with Crippen molar-refractivity contribution in [1.29, 1.82) is 0 Å². The van der Waals surface area contributed by atoms with Crippen molar-refractivity contribution >= 4 is 35.0 Å². The van der Waals surface area contributed by atoms with Crippen LogP contribution in [0.4, 0.5) is 5.69 Å². The number of aliphatic hydroxyl groups excluding tert-OH is 1. The fourth-order valence-electron chi connectivity index (χ4n) is 1.37. The zero-order valence-electron chi connectivity index (χ0n) is 9.86. The van der Waals surface area contributed by atoms with E-state index in [1.807, 2.05) is 0 Å². The number of halogens is 1. The second kappa shape index (κ2) is 8.24. The van der Waals surface area contributed by atoms with Crippen molar-refractivity contribution in [2.45, 2.75) is 6.42 Å². The summed E-state index contributed by atoms with van der Waals surface area (Å²) >= 11 is 7.48. The predicted octanol–water partition coefficient (Wildman–Crippen LogP) is 2.57. The van der Waals surface area contributed by atoms with E-state index in [1.54, 1.807) is 23.9 Å². The topological polar surface area (TPSA) is 69.6 Å². The second-order valence-corrected chi connectivity index (χ2v) is 5.27. The van der Waals surface area contributed by atoms with E-state index in [9.17, 15) is 4.79 Å². The largest absolute Gasteiger partial charge is 0.478 e. The second-order valence-electron chi connectivity index (χ2n) is 3.61. The van der Waals surface area contributed by atoms with E-state index in [0.717, 1.165) is 17.9 Å². The number of carbonyl (C=O) groups is 1. The number of hydrogen-bond acceptors (Lipinski definition) is 4. The highest BCUT2D eigenvalue weighted by atomic mass is 35.5. The first-order valence-electron chi connectivity index (χ1n) is 5.60. The van der Waals surface area contributed by atoms with Crippen LogP contribution in [-0.4, -0.2) is 40.8 Å². The number of aliphatic hydroxyl groups is 1. The predicted molar refractivity (Wildman–Crippen MR) is 75.9 cm³/mol. The van der Waals surface area contributed by atoms with Crippen molar-refractivity contribution < 1.29 is 15.0 Å². The van der Waals surface area contributed by atoms with Crippen LogP contribution in [0.15, 0.2) is 18.2 Å². The van der Waals surface area contributed by atoms with Crippen molar-refractivity contribution in [3.63, 3.8) is 0 Å². The molecule has 0 unspecified atom stereocenters. The van der Waals surface area contributed by atoms with Gasteiger partial charge in [-0.25, -0.2) is 4.79 Å². The Labute approximate surface area is 115 Å². The molecule has 0 fully saturated rings. The van der Waals surface area contributed by atoms with Crippen molar-refractivity contribution in [3.8, 4) is 0 Å². The van der Waals surface area contributed by atoms with E-state index in [4.69, 9.17) is 21.8 Å². The van der Waals surface area contributed by atoms with Crippen LogP contribution >= 0.6 is 23.4 Å². The molecule has 100 valence electrons. The number of nitrogens with one attached hydrogen (secondary N) is 1. The van der Waals surface area contributed by atoms with Crippen LogP contribution in [0.25, 0.3) is 0 Å². The molecule has 0 aliphatic carbocycles. The fourth-order valence-corrected chi connectivity index (χ4v) is 2.33. The molecule has 18 heavy (non-hydrogen) atoms. The Kier molecular flexibility index (Phi) is 6.93. The molecule has 0 aromatic heterocycles. The highest BCUT2D eigenvalue weighted by Gasteiger charge is 2.09. The van der Waals surface area contributed by atoms with Crippen molar-refractivity contribution in [1.82, 2.24) is 0 Å². The Hall–Kier alpha value is -0.910. The molecule has 4 nitrogen and oxygen atoms in total. The fraction of sp³-hybridized carbons (Fsp3) is 0.417. The van der Waals surface area contributed by atoms with Crippen LogP contribution < -0.4 is 5.32 Å². The standard InChI is InChI=1S/C12H16ClNO3S/c13-9-2-3-11(10(8-9)12(16)17)14-4-7-18-6-1-5-15/h2-3,8,14-15H,1,4-7H2,(H,16,17). The van der Waals surface area contributed by atoms with Gasteiger partial charge in [0.2, 0.25) is 0 Å². The molecule has 6 heteroatoms. The van der Waals surface area contributed by atoms with E-state index >= 15 is 0 Å². The minimum atomic E-state index is -0.993. The molecule has 1 aromatic carbocycles. The van der Waals surface area contributed by atoms with Gasteiger partial charge in [-0.05, 0) is 30.4 Å². The normalized spacial score (nSPS) is 10.3. The lowest BCUT2D eigenvalue weighted by Gasteiger charge is -2.09. The van der Waals surface area contributed by atoms with Crippen molar-refractivity contribution in [2.75, 3.05) is 30.0 Å². The minimum absolute atomic E-state index is 0.183. The molecular weight excluding hydrogens is 274 g/mol. The van der Waals surface area contributed by atoms with E-state index in [2.05, 4.69) is 5.32 Å². The molecule has 0 saturated carbocycles. The maximum absolute atomic E-state index is 11.0. The van der Waals surface area contributed by atoms with Gasteiger partial charge in [-0.3, -0.25) is 0 Å². The van der Waals surface area contributed by atoms with Crippen molar-refractivity contribution in [2.24, 2.45) is 0 Å². The maximum Gasteiger partial charge on any atom is 0.337 e. The molecule has 0 atom stereocenters. The van der Waals surface area contributed by atoms with Gasteiger partial charge < -0.3 is 15.5 Å². The van der Waals surface area contributed by atoms with E-state index in [1.165, 1.54) is 6.07 Å². The maximum atomic E-state index is 11.0. The van der Waals surface area contributed by atoms with Gasteiger partial charge in [0.1, 0.15) is 0 Å². The van der Waals surface area contributed by atoms with E-state index in [0.29, 0.717) is 17.3 Å². The molecule has 0 aliphatic heterocycles. The molecule has 0 aliphatic rings. The number of carboxylic acid groups (broad SMARTS) is 1. The third kappa shape index (κ3) is 5.16. The SMILES string of the molecule is O=C(O)c1cc(Cl)ccc1NCCSCCCO. The summed E-state index contributed by atoms with van der Waals surface area (Å²) in [5, 5.41) is 21.1. The van der Waals surface area contributed by atoms with Crippen LogP contribution in [-0.2, 0) is 0 Å². The molecule has 0 bridgehead atoms. The van der Waals surface area contributed by atoms with Crippen LogP contribution in [0.1, 0.15) is 16.8 Å². The molecule has 3 N–H and O–H groups in total. The summed E-state index contributed by atoms with van der Waals surface area (Å²) < 4.78 is 0. The Morgan fingerprint density at radius 3 is 2.83 bits per heavy atom. The smallest absolute Gasteiger partial charge is 0.337 e. The minimum Gasteiger partial charge on any atom is -0.478 e. The zero-order valence-corrected chi connectivity index (χ0v) is 11.4. The van der Waals surface area contributed by atoms with Crippen LogP contribution in [0.3, 0.4) is 0 Å². The summed E-state index contributed by atoms with van der Waals surface area (Å²) in [6.45, 7) is 0.888. The summed E-state index contributed by atoms with van der Waals surface area (Å²) in [6, 6.07) is 4.77. The average molecular weight is 290 g/mol. The summed E-state index contributed by atoms with van der Waals surface area (Å²) in [5.41, 5.74) is 0.762. The van der Waals surface area contributed by atoms with Gasteiger partial charge in [0.25, 0.3) is 0 Å². The first-order chi connectivity index (χ1) is 8.65. The highest BCUT2D eigenvalue weighted by Crippen LogP contribution is 2.20. The van der Waals surface area contributed by atoms with E-state index in [-0.39, 0.29) is 12.2 Å². The number of benzene rings is 1. The number of hydrogen-bond donors (Lipinski definition) is 3. The number of rotatable bonds is 8. The summed E-state index contributed by atoms with van der Waals surface area (Å²) in [4.78, 5) is 11.0. The monoisotopic (exact) mass is 289 g/mol. The number of anilines is 1. The lowest BCUT2D eigenvalue weighted by atomic mass is 10.2. The van der Waals surface area contributed by atoms with Gasteiger partial charge >= 0.3 is 5.97 Å². The Morgan fingerprint density at radius 2 is 2.17 bits per heavy atom. The van der Waals surface area contributed by atoms with Crippen LogP contribution in [0.2, 0.25) is 5.02 Å². The van der Waals surface area contributed by atoms with Gasteiger partial charge in [-0.1, -0.05) is 11.6 Å². The highest BCUT2D eigenvalue weighted by molar-refractivity contribution is 7.99. The first-order valence-corrected chi connectivity index (χ1v) is 7.13. The quantitative estimate of drug-likeness (QED) is 0.642. The Morgan fingerprint density at radius 1 is 1.39 bits per heavy atom. The molecule has 0 spiro atoms. The average Bonchev–Trinajstić information content (AvgIpc) is 2.35. The third-order valence-corrected chi connectivity index (χ3v) is 3.53. The van der Waals surface area contributed by atoms with Crippen molar-refractivity contribution in [3.05, 3.63) is 28.8 Å². The van der Waals surface area contributed by atoms with Gasteiger partial charge in [0.05, 0.1) is 5.56 Å². The third-order valence-electron chi connectivity index (χ3n) is 2.22. The number of carboxylic acids is 1. The van der Waals surface area contributed by atoms with Gasteiger partial charge in [-0.2, -0.15) is 11.8 Å². The van der Waals surface area contributed by atoms with Gasteiger partial charge in [0, 0.05) is 29.6 Å². The Balaban J connectivity index is 2.44. The molecule has 0 radical (unpaired) electrons. The molecular formula is C12H16ClNO3S. The van der Waals surface area contributed by atoms with Gasteiger partial charge in [0.15, 0.2) is 0 Å². The number of thioether (sulfide) groups is 1. The lowest BCUT2D eigenvalue weighted by molar-refractivity contribution is 0.0698.